The Morgan fingerprint density at radius 2 is 1.27 bits per heavy atom. The van der Waals surface area contributed by atoms with E-state index in [1.54, 1.807) is 36.4 Å². The van der Waals surface area contributed by atoms with E-state index in [-0.39, 0.29) is 31.5 Å². The minimum atomic E-state index is -1.06. The number of hydrogen-bond donors (Lipinski definition) is 8. The predicted octanol–water partition coefficient (Wildman–Crippen LogP) is 0.136. The lowest BCUT2D eigenvalue weighted by Gasteiger charge is -2.25. The van der Waals surface area contributed by atoms with E-state index in [2.05, 4.69) is 16.0 Å². The van der Waals surface area contributed by atoms with E-state index in [1.807, 2.05) is 6.07 Å². The predicted molar refractivity (Wildman–Crippen MR) is 167 cm³/mol. The smallest absolute Gasteiger partial charge is 0.248 e. The van der Waals surface area contributed by atoms with Crippen LogP contribution in [-0.4, -0.2) is 60.0 Å². The van der Waals surface area contributed by atoms with E-state index in [0.717, 1.165) is 5.56 Å². The van der Waals surface area contributed by atoms with Gasteiger partial charge in [0.2, 0.25) is 29.5 Å². The largest absolute Gasteiger partial charge is 0.388 e. The summed E-state index contributed by atoms with van der Waals surface area (Å²) in [4.78, 5) is 63.5. The summed E-state index contributed by atoms with van der Waals surface area (Å²) in [6.45, 7) is 0.391. The number of benzene rings is 2. The first-order valence-corrected chi connectivity index (χ1v) is 14.6. The minimum Gasteiger partial charge on any atom is -0.388 e. The molecule has 2 rings (SSSR count). The molecule has 238 valence electrons. The number of nitrogens with two attached hydrogens (primary N) is 4. The average Bonchev–Trinajstić information content (AvgIpc) is 2.98. The van der Waals surface area contributed by atoms with E-state index in [1.165, 1.54) is 12.1 Å². The second-order valence-electron chi connectivity index (χ2n) is 10.6. The molecule has 3 atom stereocenters. The molecule has 0 fully saturated rings. The highest BCUT2D eigenvalue weighted by atomic mass is 16.2. The lowest BCUT2D eigenvalue weighted by Crippen LogP contribution is -2.56. The first kappa shape index (κ1) is 35.4. The fraction of sp³-hybridized carbons (Fsp3) is 0.419. The number of amides is 5. The van der Waals surface area contributed by atoms with Gasteiger partial charge in [-0.1, -0.05) is 48.9 Å². The van der Waals surface area contributed by atoms with E-state index >= 15 is 0 Å². The quantitative estimate of drug-likeness (QED) is 0.0585. The standard InChI is InChI=1S/C31H44N8O5/c32-17-7-6-11-24(30(43)38-23(29(36)42)10-4-5-12-26(33)34)39-31(44)25(18-21-13-15-22(16-14-21)28(35)41)37-27(40)19-20-8-2-1-3-9-20/h1-3,8-9,13-16,23-25H,4-7,10-12,17-19,32H2,(H3,33,34)(H2,35,41)(H2,36,42)(H,37,40)(H,38,43)(H,39,44)/t23-,24-,25-/m0/s1. The van der Waals surface area contributed by atoms with Crippen molar-refractivity contribution in [2.75, 3.05) is 6.54 Å². The Bertz CT molecular complexity index is 1270. The fourth-order valence-corrected chi connectivity index (χ4v) is 4.53. The number of carbonyl (C=O) groups excluding carboxylic acids is 5. The van der Waals surface area contributed by atoms with Gasteiger partial charge in [-0.25, -0.2) is 0 Å². The van der Waals surface area contributed by atoms with Gasteiger partial charge >= 0.3 is 0 Å². The minimum absolute atomic E-state index is 0.0292. The topological polar surface area (TPSA) is 249 Å². The van der Waals surface area contributed by atoms with Gasteiger partial charge in [0.1, 0.15) is 18.1 Å². The second-order valence-corrected chi connectivity index (χ2v) is 10.6. The van der Waals surface area contributed by atoms with Gasteiger partial charge in [-0.05, 0) is 61.9 Å². The highest BCUT2D eigenvalue weighted by Gasteiger charge is 2.29. The fourth-order valence-electron chi connectivity index (χ4n) is 4.53. The normalized spacial score (nSPS) is 12.8. The van der Waals surface area contributed by atoms with Gasteiger partial charge in [0, 0.05) is 18.4 Å². The molecule has 0 aliphatic rings. The zero-order valence-electron chi connectivity index (χ0n) is 24.8. The monoisotopic (exact) mass is 608 g/mol. The molecule has 0 heterocycles. The van der Waals surface area contributed by atoms with Crippen LogP contribution in [0.5, 0.6) is 0 Å². The van der Waals surface area contributed by atoms with Crippen molar-refractivity contribution in [1.29, 1.82) is 5.41 Å². The van der Waals surface area contributed by atoms with Gasteiger partial charge in [-0.2, -0.15) is 0 Å². The van der Waals surface area contributed by atoms with Crippen LogP contribution in [0.25, 0.3) is 0 Å². The molecule has 0 aliphatic carbocycles. The van der Waals surface area contributed by atoms with Crippen molar-refractivity contribution < 1.29 is 24.0 Å². The molecular weight excluding hydrogens is 564 g/mol. The molecule has 2 aromatic rings. The summed E-state index contributed by atoms with van der Waals surface area (Å²) in [5.74, 6) is -2.88. The number of unbranched alkanes of at least 4 members (excludes halogenated alkanes) is 2. The zero-order chi connectivity index (χ0) is 32.5. The molecule has 0 saturated carbocycles. The second kappa shape index (κ2) is 18.7. The summed E-state index contributed by atoms with van der Waals surface area (Å²) in [5, 5.41) is 15.5. The molecule has 0 bridgehead atoms. The van der Waals surface area contributed by atoms with Crippen LogP contribution in [0.1, 0.15) is 66.4 Å². The Labute approximate surface area is 257 Å². The van der Waals surface area contributed by atoms with Crippen LogP contribution in [0.2, 0.25) is 0 Å². The summed E-state index contributed by atoms with van der Waals surface area (Å²) in [6, 6.07) is 12.3. The number of primary amides is 2. The Morgan fingerprint density at radius 3 is 1.86 bits per heavy atom. The summed E-state index contributed by atoms with van der Waals surface area (Å²) < 4.78 is 0. The van der Waals surface area contributed by atoms with Gasteiger partial charge < -0.3 is 38.9 Å². The highest BCUT2D eigenvalue weighted by molar-refractivity contribution is 5.94. The maximum atomic E-state index is 13.6. The van der Waals surface area contributed by atoms with E-state index in [0.29, 0.717) is 49.8 Å². The molecule has 0 aliphatic heterocycles. The van der Waals surface area contributed by atoms with Gasteiger partial charge in [-0.3, -0.25) is 29.4 Å². The van der Waals surface area contributed by atoms with Crippen LogP contribution < -0.4 is 38.9 Å². The molecule has 13 nitrogen and oxygen atoms in total. The molecule has 13 heteroatoms. The Balaban J connectivity index is 2.22. The SMILES string of the molecule is N=C(N)CCCC[C@H](NC(=O)[C@H](CCCCN)NC(=O)[C@H](Cc1ccc(C(N)=O)cc1)NC(=O)Cc1ccccc1)C(N)=O. The summed E-state index contributed by atoms with van der Waals surface area (Å²) >= 11 is 0. The molecule has 0 saturated heterocycles. The van der Waals surface area contributed by atoms with Gasteiger partial charge in [-0.15, -0.1) is 0 Å². The Kier molecular flexibility index (Phi) is 15.0. The molecule has 0 radical (unpaired) electrons. The van der Waals surface area contributed by atoms with E-state index in [4.69, 9.17) is 28.3 Å². The Hall–Kier alpha value is -4.78. The molecule has 0 spiro atoms. The third-order valence-electron chi connectivity index (χ3n) is 6.97. The molecule has 44 heavy (non-hydrogen) atoms. The first-order valence-electron chi connectivity index (χ1n) is 14.6. The van der Waals surface area contributed by atoms with Crippen LogP contribution >= 0.6 is 0 Å². The third kappa shape index (κ3) is 13.0. The summed E-state index contributed by atoms with van der Waals surface area (Å²) in [5.41, 5.74) is 23.6. The Morgan fingerprint density at radius 1 is 0.682 bits per heavy atom. The summed E-state index contributed by atoms with van der Waals surface area (Å²) in [7, 11) is 0. The molecule has 5 amide bonds. The van der Waals surface area contributed by atoms with Crippen LogP contribution in [0.15, 0.2) is 54.6 Å². The lowest BCUT2D eigenvalue weighted by molar-refractivity contribution is -0.133. The molecular formula is C31H44N8O5. The lowest BCUT2D eigenvalue weighted by atomic mass is 10.0. The molecule has 0 aromatic heterocycles. The maximum absolute atomic E-state index is 13.6. The van der Waals surface area contributed by atoms with Gasteiger partial charge in [0.05, 0.1) is 12.3 Å². The number of hydrogen-bond acceptors (Lipinski definition) is 7. The average molecular weight is 609 g/mol. The van der Waals surface area contributed by atoms with E-state index < -0.39 is 47.7 Å². The zero-order valence-corrected chi connectivity index (χ0v) is 24.8. The van der Waals surface area contributed by atoms with Gasteiger partial charge in [0.25, 0.3) is 0 Å². The maximum Gasteiger partial charge on any atom is 0.248 e. The van der Waals surface area contributed by atoms with Crippen molar-refractivity contribution >= 4 is 35.4 Å². The number of rotatable bonds is 20. The number of nitrogens with one attached hydrogen (secondary N) is 4. The van der Waals surface area contributed by atoms with Gasteiger partial charge in [0.15, 0.2) is 0 Å². The van der Waals surface area contributed by atoms with Crippen molar-refractivity contribution in [1.82, 2.24) is 16.0 Å². The van der Waals surface area contributed by atoms with Crippen molar-refractivity contribution in [3.63, 3.8) is 0 Å². The van der Waals surface area contributed by atoms with Crippen molar-refractivity contribution in [2.24, 2.45) is 22.9 Å². The van der Waals surface area contributed by atoms with Crippen LogP contribution in [0.3, 0.4) is 0 Å². The highest BCUT2D eigenvalue weighted by Crippen LogP contribution is 2.11. The summed E-state index contributed by atoms with van der Waals surface area (Å²) in [6.07, 6.45) is 3.14. The molecule has 2 aromatic carbocycles. The first-order chi connectivity index (χ1) is 21.0. The molecule has 12 N–H and O–H groups in total. The number of carbonyl (C=O) groups is 5. The van der Waals surface area contributed by atoms with Crippen LogP contribution in [0.4, 0.5) is 0 Å². The van der Waals surface area contributed by atoms with E-state index in [9.17, 15) is 24.0 Å². The third-order valence-corrected chi connectivity index (χ3v) is 6.97. The van der Waals surface area contributed by atoms with Crippen LogP contribution in [-0.2, 0) is 32.0 Å². The van der Waals surface area contributed by atoms with Crippen molar-refractivity contribution in [3.05, 3.63) is 71.3 Å². The number of amidine groups is 1. The van der Waals surface area contributed by atoms with Crippen molar-refractivity contribution in [3.8, 4) is 0 Å². The van der Waals surface area contributed by atoms with Crippen LogP contribution in [0, 0.1) is 5.41 Å². The molecule has 0 unspecified atom stereocenters. The van der Waals surface area contributed by atoms with Crippen molar-refractivity contribution in [2.45, 2.75) is 75.9 Å².